The van der Waals surface area contributed by atoms with Gasteiger partial charge >= 0.3 is 0 Å². The van der Waals surface area contributed by atoms with Crippen molar-refractivity contribution in [2.75, 3.05) is 18.4 Å². The van der Waals surface area contributed by atoms with Crippen LogP contribution < -0.4 is 11.1 Å². The first-order valence-corrected chi connectivity index (χ1v) is 8.24. The summed E-state index contributed by atoms with van der Waals surface area (Å²) >= 11 is 1.24. The first kappa shape index (κ1) is 23.3. The molecule has 0 aliphatic carbocycles. The van der Waals surface area contributed by atoms with Crippen molar-refractivity contribution in [1.82, 2.24) is 9.88 Å². The molecule has 2 amide bonds. The summed E-state index contributed by atoms with van der Waals surface area (Å²) in [6, 6.07) is 9.78. The van der Waals surface area contributed by atoms with E-state index in [1.165, 1.54) is 18.3 Å². The largest absolute Gasteiger partial charge is 0.333 e. The fraction of sp³-hybridized carbons (Fsp3) is 0.312. The van der Waals surface area contributed by atoms with Gasteiger partial charge in [0, 0.05) is 25.4 Å². The Morgan fingerprint density at radius 2 is 1.92 bits per heavy atom. The van der Waals surface area contributed by atoms with E-state index in [1.807, 2.05) is 30.3 Å². The molecule has 0 spiro atoms. The second kappa shape index (κ2) is 11.8. The molecule has 1 aromatic heterocycles. The van der Waals surface area contributed by atoms with Crippen molar-refractivity contribution in [2.45, 2.75) is 19.9 Å². The van der Waals surface area contributed by atoms with Crippen LogP contribution in [0.1, 0.15) is 29.4 Å². The van der Waals surface area contributed by atoms with E-state index in [-0.39, 0.29) is 36.6 Å². The molecule has 0 atom stereocenters. The van der Waals surface area contributed by atoms with E-state index in [1.54, 1.807) is 10.3 Å². The van der Waals surface area contributed by atoms with E-state index >= 15 is 0 Å². The molecular weight excluding hydrogens is 383 g/mol. The van der Waals surface area contributed by atoms with Crippen LogP contribution in [0, 0.1) is 0 Å². The number of benzene rings is 1. The number of rotatable bonds is 7. The van der Waals surface area contributed by atoms with E-state index in [0.29, 0.717) is 30.5 Å². The highest BCUT2D eigenvalue weighted by molar-refractivity contribution is 7.14. The number of halogens is 2. The van der Waals surface area contributed by atoms with Gasteiger partial charge in [-0.3, -0.25) is 9.59 Å². The molecule has 1 aromatic carbocycles. The average molecular weight is 405 g/mol. The van der Waals surface area contributed by atoms with Gasteiger partial charge in [-0.15, -0.1) is 36.2 Å². The number of nitrogens with zero attached hydrogens (tertiary/aromatic N) is 2. The topological polar surface area (TPSA) is 88.3 Å². The highest BCUT2D eigenvalue weighted by atomic mass is 35.5. The number of hydrogen-bond acceptors (Lipinski definition) is 5. The molecule has 2 aromatic rings. The van der Waals surface area contributed by atoms with Gasteiger partial charge in [-0.25, -0.2) is 4.98 Å². The first-order valence-electron chi connectivity index (χ1n) is 7.36. The Balaban J connectivity index is 0.00000288. The molecule has 0 unspecified atom stereocenters. The lowest BCUT2D eigenvalue weighted by Crippen LogP contribution is -2.32. The van der Waals surface area contributed by atoms with Crippen LogP contribution in [-0.2, 0) is 11.3 Å². The predicted molar refractivity (Wildman–Crippen MR) is 106 cm³/mol. The zero-order chi connectivity index (χ0) is 16.7. The molecule has 3 N–H and O–H groups in total. The summed E-state index contributed by atoms with van der Waals surface area (Å²) < 4.78 is 0. The van der Waals surface area contributed by atoms with Crippen molar-refractivity contribution in [1.29, 1.82) is 0 Å². The SMILES string of the molecule is CC(=O)Nc1nc(C(=O)N(CCCN)Cc2ccccc2)cs1.Cl.Cl. The number of hydrogen-bond donors (Lipinski definition) is 2. The minimum atomic E-state index is -0.206. The van der Waals surface area contributed by atoms with E-state index in [2.05, 4.69) is 10.3 Å². The summed E-state index contributed by atoms with van der Waals surface area (Å²) in [4.78, 5) is 29.6. The fourth-order valence-corrected chi connectivity index (χ4v) is 2.81. The number of thiazole rings is 1. The van der Waals surface area contributed by atoms with Crippen molar-refractivity contribution >= 4 is 53.1 Å². The van der Waals surface area contributed by atoms with Gasteiger partial charge in [0.15, 0.2) is 5.13 Å². The van der Waals surface area contributed by atoms with Gasteiger partial charge in [0.25, 0.3) is 5.91 Å². The maximum atomic E-state index is 12.7. The molecule has 0 fully saturated rings. The number of carbonyl (C=O) groups is 2. The Hall–Kier alpha value is -1.67. The standard InChI is InChI=1S/C16H20N4O2S.2ClH/c1-12(21)18-16-19-14(11-23-16)15(22)20(9-5-8-17)10-13-6-3-2-4-7-13;;/h2-4,6-7,11H,5,8-10,17H2,1H3,(H,18,19,21);2*1H. The third kappa shape index (κ3) is 7.39. The third-order valence-corrected chi connectivity index (χ3v) is 3.90. The Morgan fingerprint density at radius 1 is 1.24 bits per heavy atom. The van der Waals surface area contributed by atoms with Crippen LogP contribution in [0.4, 0.5) is 5.13 Å². The number of anilines is 1. The number of nitrogens with one attached hydrogen (secondary N) is 1. The molecule has 0 saturated heterocycles. The monoisotopic (exact) mass is 404 g/mol. The summed E-state index contributed by atoms with van der Waals surface area (Å²) in [6.07, 6.45) is 0.723. The molecule has 0 aliphatic rings. The Kier molecular flexibility index (Phi) is 11.0. The fourth-order valence-electron chi connectivity index (χ4n) is 2.08. The van der Waals surface area contributed by atoms with Crippen molar-refractivity contribution < 1.29 is 9.59 Å². The maximum Gasteiger partial charge on any atom is 0.273 e. The van der Waals surface area contributed by atoms with Gasteiger partial charge in [-0.2, -0.15) is 0 Å². The molecule has 0 aliphatic heterocycles. The average Bonchev–Trinajstić information content (AvgIpc) is 2.99. The summed E-state index contributed by atoms with van der Waals surface area (Å²) in [5.74, 6) is -0.363. The first-order chi connectivity index (χ1) is 11.1. The highest BCUT2D eigenvalue weighted by Gasteiger charge is 2.19. The van der Waals surface area contributed by atoms with Gasteiger partial charge in [0.05, 0.1) is 0 Å². The van der Waals surface area contributed by atoms with Crippen LogP contribution in [0.5, 0.6) is 0 Å². The summed E-state index contributed by atoms with van der Waals surface area (Å²) in [5, 5.41) is 4.68. The normalized spacial score (nSPS) is 9.52. The number of carbonyl (C=O) groups excluding carboxylic acids is 2. The summed E-state index contributed by atoms with van der Waals surface area (Å²) in [7, 11) is 0. The third-order valence-electron chi connectivity index (χ3n) is 3.14. The number of amides is 2. The smallest absolute Gasteiger partial charge is 0.273 e. The van der Waals surface area contributed by atoms with E-state index < -0.39 is 0 Å². The minimum absolute atomic E-state index is 0. The molecule has 0 saturated carbocycles. The second-order valence-electron chi connectivity index (χ2n) is 5.07. The van der Waals surface area contributed by atoms with Crippen LogP contribution in [0.3, 0.4) is 0 Å². The van der Waals surface area contributed by atoms with Crippen LogP contribution in [-0.4, -0.2) is 34.8 Å². The maximum absolute atomic E-state index is 12.7. The van der Waals surface area contributed by atoms with Crippen molar-refractivity contribution in [2.24, 2.45) is 5.73 Å². The van der Waals surface area contributed by atoms with Crippen molar-refractivity contribution in [3.8, 4) is 0 Å². The van der Waals surface area contributed by atoms with Crippen LogP contribution in [0.25, 0.3) is 0 Å². The Labute approximate surface area is 163 Å². The lowest BCUT2D eigenvalue weighted by Gasteiger charge is -2.21. The number of nitrogens with two attached hydrogens (primary N) is 1. The molecule has 2 rings (SSSR count). The quantitative estimate of drug-likeness (QED) is 0.742. The highest BCUT2D eigenvalue weighted by Crippen LogP contribution is 2.18. The van der Waals surface area contributed by atoms with Crippen LogP contribution in [0.2, 0.25) is 0 Å². The van der Waals surface area contributed by atoms with Gasteiger partial charge < -0.3 is 16.0 Å². The van der Waals surface area contributed by atoms with Crippen molar-refractivity contribution in [3.05, 3.63) is 47.0 Å². The van der Waals surface area contributed by atoms with E-state index in [0.717, 1.165) is 12.0 Å². The second-order valence-corrected chi connectivity index (χ2v) is 5.93. The zero-order valence-corrected chi connectivity index (χ0v) is 16.3. The van der Waals surface area contributed by atoms with E-state index in [9.17, 15) is 9.59 Å². The minimum Gasteiger partial charge on any atom is -0.333 e. The van der Waals surface area contributed by atoms with Gasteiger partial charge in [0.2, 0.25) is 5.91 Å². The van der Waals surface area contributed by atoms with Crippen molar-refractivity contribution in [3.63, 3.8) is 0 Å². The summed E-state index contributed by atoms with van der Waals surface area (Å²) in [6.45, 7) is 3.00. The molecule has 0 bridgehead atoms. The Morgan fingerprint density at radius 3 is 2.52 bits per heavy atom. The van der Waals surface area contributed by atoms with Crippen LogP contribution >= 0.6 is 36.2 Å². The molecule has 25 heavy (non-hydrogen) atoms. The Bertz CT molecular complexity index is 667. The molecule has 1 heterocycles. The molecular formula is C16H22Cl2N4O2S. The molecule has 9 heteroatoms. The van der Waals surface area contributed by atoms with Crippen LogP contribution in [0.15, 0.2) is 35.7 Å². The van der Waals surface area contributed by atoms with Gasteiger partial charge in [0.1, 0.15) is 5.69 Å². The number of aromatic nitrogens is 1. The van der Waals surface area contributed by atoms with Gasteiger partial charge in [-0.05, 0) is 18.5 Å². The lowest BCUT2D eigenvalue weighted by molar-refractivity contribution is -0.114. The molecule has 6 nitrogen and oxygen atoms in total. The molecule has 0 radical (unpaired) electrons. The predicted octanol–water partition coefficient (Wildman–Crippen LogP) is 2.94. The summed E-state index contributed by atoms with van der Waals surface area (Å²) in [5.41, 5.74) is 6.96. The lowest BCUT2D eigenvalue weighted by atomic mass is 10.2. The molecule has 138 valence electrons. The van der Waals surface area contributed by atoms with Gasteiger partial charge in [-0.1, -0.05) is 30.3 Å². The zero-order valence-electron chi connectivity index (χ0n) is 13.8. The van der Waals surface area contributed by atoms with E-state index in [4.69, 9.17) is 5.73 Å².